The molecule has 0 spiro atoms. The van der Waals surface area contributed by atoms with E-state index in [4.69, 9.17) is 5.11 Å². The molecule has 1 N–H and O–H groups in total. The molecule has 6 aromatic carbocycles. The van der Waals surface area contributed by atoms with Crippen molar-refractivity contribution < 1.29 is 14.7 Å². The molecule has 0 amide bonds. The van der Waals surface area contributed by atoms with Crippen LogP contribution in [-0.4, -0.2) is 28.9 Å². The van der Waals surface area contributed by atoms with Crippen LogP contribution in [0.1, 0.15) is 95.2 Å². The number of thioether (sulfide) groups is 2. The molecule has 276 valence electrons. The smallest absolute Gasteiger partial charge is 0.328 e. The summed E-state index contributed by atoms with van der Waals surface area (Å²) in [7, 11) is 0. The van der Waals surface area contributed by atoms with Gasteiger partial charge in [-0.2, -0.15) is 0 Å². The number of hydrogen-bond donors (Lipinski definition) is 1. The highest BCUT2D eigenvalue weighted by Gasteiger charge is 2.34. The molecule has 0 aromatic heterocycles. The second-order valence-corrected chi connectivity index (χ2v) is 16.9. The van der Waals surface area contributed by atoms with Crippen LogP contribution in [0.2, 0.25) is 0 Å². The second kappa shape index (κ2) is 17.1. The lowest BCUT2D eigenvalue weighted by molar-refractivity contribution is -0.131. The van der Waals surface area contributed by atoms with Gasteiger partial charge in [0, 0.05) is 56.6 Å². The quantitative estimate of drug-likeness (QED) is 0.130. The van der Waals surface area contributed by atoms with Gasteiger partial charge in [-0.05, 0) is 102 Å². The zero-order chi connectivity index (χ0) is 38.5. The third kappa shape index (κ3) is 8.91. The van der Waals surface area contributed by atoms with Gasteiger partial charge in [0.05, 0.1) is 0 Å². The molecule has 4 unspecified atom stereocenters. The Morgan fingerprint density at radius 2 is 0.982 bits per heavy atom. The van der Waals surface area contributed by atoms with Crippen LogP contribution in [0.3, 0.4) is 0 Å². The number of aldehydes is 1. The average molecular weight is 759 g/mol. The van der Waals surface area contributed by atoms with E-state index < -0.39 is 5.97 Å². The Bertz CT molecular complexity index is 2340. The molecule has 0 saturated heterocycles. The van der Waals surface area contributed by atoms with Crippen molar-refractivity contribution in [3.05, 3.63) is 206 Å². The molecule has 55 heavy (non-hydrogen) atoms. The maximum Gasteiger partial charge on any atom is 0.328 e. The molecule has 0 saturated carbocycles. The SMILES string of the molecule is Cc1ccc(C2CSc3cc(C)ccc3C2c2cccc(/C=C/C(=O)O)c2)cc1.Cc1ccc(C2CSc3cc(C)ccc3C2c2cccc(C=O)c2)cc1. The van der Waals surface area contributed by atoms with Gasteiger partial charge in [0.2, 0.25) is 0 Å². The fourth-order valence-electron chi connectivity index (χ4n) is 7.91. The van der Waals surface area contributed by atoms with Crippen molar-refractivity contribution in [3.63, 3.8) is 0 Å². The van der Waals surface area contributed by atoms with Crippen LogP contribution in [0.5, 0.6) is 0 Å². The standard InChI is InChI=1S/C26H24O2S.C24H22OS/c1-17-6-10-20(11-7-17)23-16-29-24-14-18(2)8-12-22(24)26(23)21-5-3-4-19(15-21)9-13-25(27)28;1-16-6-9-19(10-7-16)22-15-26-23-12-17(2)8-11-21(23)24(22)20-5-3-4-18(13-20)14-25/h3-15,23,26H,16H2,1-2H3,(H,27,28);3-14,22,24H,15H2,1-2H3/b13-9+;. The lowest BCUT2D eigenvalue weighted by atomic mass is 9.77. The minimum absolute atomic E-state index is 0.243. The van der Waals surface area contributed by atoms with Gasteiger partial charge < -0.3 is 5.11 Å². The van der Waals surface area contributed by atoms with Crippen LogP contribution >= 0.6 is 23.5 Å². The Hall–Kier alpha value is -5.10. The first-order valence-electron chi connectivity index (χ1n) is 18.8. The van der Waals surface area contributed by atoms with Crippen LogP contribution in [-0.2, 0) is 4.79 Å². The summed E-state index contributed by atoms with van der Waals surface area (Å²) in [5, 5.41) is 8.97. The summed E-state index contributed by atoms with van der Waals surface area (Å²) in [4.78, 5) is 25.0. The molecule has 8 rings (SSSR count). The summed E-state index contributed by atoms with van der Waals surface area (Å²) < 4.78 is 0. The van der Waals surface area contributed by atoms with Gasteiger partial charge in [-0.1, -0.05) is 126 Å². The zero-order valence-electron chi connectivity index (χ0n) is 31.7. The third-order valence-electron chi connectivity index (χ3n) is 10.8. The Labute approximate surface area is 333 Å². The number of benzene rings is 6. The summed E-state index contributed by atoms with van der Waals surface area (Å²) in [5.74, 6) is 2.44. The van der Waals surface area contributed by atoms with E-state index in [-0.39, 0.29) is 11.8 Å². The number of carbonyl (C=O) groups is 2. The van der Waals surface area contributed by atoms with Crippen molar-refractivity contribution in [2.24, 2.45) is 0 Å². The van der Waals surface area contributed by atoms with E-state index in [1.54, 1.807) is 6.08 Å². The molecular weight excluding hydrogens is 713 g/mol. The van der Waals surface area contributed by atoms with E-state index >= 15 is 0 Å². The van der Waals surface area contributed by atoms with Gasteiger partial charge in [-0.25, -0.2) is 4.79 Å². The predicted molar refractivity (Wildman–Crippen MR) is 230 cm³/mol. The first kappa shape index (κ1) is 38.2. The van der Waals surface area contributed by atoms with Crippen molar-refractivity contribution in [2.45, 2.75) is 61.2 Å². The minimum atomic E-state index is -0.928. The lowest BCUT2D eigenvalue weighted by Crippen LogP contribution is -2.20. The fraction of sp³-hybridized carbons (Fsp3) is 0.200. The Morgan fingerprint density at radius 1 is 0.545 bits per heavy atom. The van der Waals surface area contributed by atoms with E-state index in [9.17, 15) is 9.59 Å². The topological polar surface area (TPSA) is 54.4 Å². The Balaban J connectivity index is 0.000000170. The average Bonchev–Trinajstić information content (AvgIpc) is 3.20. The number of aryl methyl sites for hydroxylation is 4. The summed E-state index contributed by atoms with van der Waals surface area (Å²) >= 11 is 3.88. The molecule has 2 aliphatic heterocycles. The van der Waals surface area contributed by atoms with Gasteiger partial charge in [0.25, 0.3) is 0 Å². The van der Waals surface area contributed by atoms with Crippen LogP contribution in [0.4, 0.5) is 0 Å². The molecule has 0 bridgehead atoms. The molecule has 2 heterocycles. The summed E-state index contributed by atoms with van der Waals surface area (Å²) in [5.41, 5.74) is 14.7. The highest BCUT2D eigenvalue weighted by Crippen LogP contribution is 2.50. The van der Waals surface area contributed by atoms with Gasteiger partial charge in [-0.15, -0.1) is 23.5 Å². The number of hydrogen-bond acceptors (Lipinski definition) is 4. The third-order valence-corrected chi connectivity index (χ3v) is 13.1. The van der Waals surface area contributed by atoms with Crippen molar-refractivity contribution in [1.29, 1.82) is 0 Å². The predicted octanol–water partition coefficient (Wildman–Crippen LogP) is 12.6. The van der Waals surface area contributed by atoms with Gasteiger partial charge in [-0.3, -0.25) is 4.79 Å². The molecule has 6 aromatic rings. The molecular formula is C50H46O3S2. The van der Waals surface area contributed by atoms with Gasteiger partial charge in [0.1, 0.15) is 6.29 Å². The summed E-state index contributed by atoms with van der Waals surface area (Å²) in [6.45, 7) is 8.53. The van der Waals surface area contributed by atoms with Crippen molar-refractivity contribution >= 4 is 41.9 Å². The zero-order valence-corrected chi connectivity index (χ0v) is 33.4. The van der Waals surface area contributed by atoms with Gasteiger partial charge >= 0.3 is 5.97 Å². The molecule has 5 heteroatoms. The maximum atomic E-state index is 11.3. The van der Waals surface area contributed by atoms with Crippen molar-refractivity contribution in [2.75, 3.05) is 11.5 Å². The number of rotatable bonds is 7. The largest absolute Gasteiger partial charge is 0.478 e. The number of carboxylic acid groups (broad SMARTS) is 1. The molecule has 4 atom stereocenters. The summed E-state index contributed by atoms with van der Waals surface area (Å²) in [6, 6.07) is 47.7. The van der Waals surface area contributed by atoms with Crippen LogP contribution in [0.15, 0.2) is 149 Å². The minimum Gasteiger partial charge on any atom is -0.478 e. The number of carboxylic acids is 1. The number of carbonyl (C=O) groups excluding carboxylic acids is 1. The van der Waals surface area contributed by atoms with E-state index in [1.807, 2.05) is 47.8 Å². The van der Waals surface area contributed by atoms with Gasteiger partial charge in [0.15, 0.2) is 0 Å². The van der Waals surface area contributed by atoms with E-state index in [0.29, 0.717) is 11.8 Å². The van der Waals surface area contributed by atoms with Crippen LogP contribution in [0.25, 0.3) is 6.08 Å². The molecule has 0 aliphatic carbocycles. The Kier molecular flexibility index (Phi) is 11.9. The molecule has 2 aliphatic rings. The highest BCUT2D eigenvalue weighted by molar-refractivity contribution is 7.99. The van der Waals surface area contributed by atoms with Crippen molar-refractivity contribution in [3.8, 4) is 0 Å². The van der Waals surface area contributed by atoms with Crippen LogP contribution in [0, 0.1) is 27.7 Å². The fourth-order valence-corrected chi connectivity index (χ4v) is 10.7. The van der Waals surface area contributed by atoms with Crippen LogP contribution < -0.4 is 0 Å². The highest BCUT2D eigenvalue weighted by atomic mass is 32.2. The maximum absolute atomic E-state index is 11.3. The normalized spacial score (nSPS) is 18.8. The van der Waals surface area contributed by atoms with E-state index in [2.05, 4.69) is 137 Å². The molecule has 3 nitrogen and oxygen atoms in total. The molecule has 0 fully saturated rings. The number of fused-ring (bicyclic) bond motifs is 2. The van der Waals surface area contributed by atoms with E-state index in [0.717, 1.165) is 28.9 Å². The lowest BCUT2D eigenvalue weighted by Gasteiger charge is -2.34. The Morgan fingerprint density at radius 3 is 1.44 bits per heavy atom. The van der Waals surface area contributed by atoms with Crippen molar-refractivity contribution in [1.82, 2.24) is 0 Å². The summed E-state index contributed by atoms with van der Waals surface area (Å²) in [6.07, 6.45) is 3.81. The monoisotopic (exact) mass is 758 g/mol. The first-order valence-corrected chi connectivity index (χ1v) is 20.8. The second-order valence-electron chi connectivity index (χ2n) is 14.8. The molecule has 0 radical (unpaired) electrons. The van der Waals surface area contributed by atoms with E-state index in [1.165, 1.54) is 71.5 Å². The first-order chi connectivity index (χ1) is 26.7. The number of aliphatic carboxylic acids is 1.